The Bertz CT molecular complexity index is 885. The molecule has 0 aliphatic rings. The fourth-order valence-electron chi connectivity index (χ4n) is 2.77. The molecule has 0 atom stereocenters. The summed E-state index contributed by atoms with van der Waals surface area (Å²) in [7, 11) is 1.52. The summed E-state index contributed by atoms with van der Waals surface area (Å²) < 4.78 is 46.0. The molecule has 1 N–H and O–H groups in total. The van der Waals surface area contributed by atoms with Crippen molar-refractivity contribution in [3.63, 3.8) is 0 Å². The number of halogens is 3. The van der Waals surface area contributed by atoms with Gasteiger partial charge in [-0.1, -0.05) is 24.3 Å². The lowest BCUT2D eigenvalue weighted by Crippen LogP contribution is -2.07. The standard InChI is InChI=1S/C20H19F3N2O2/c1-27-17-10-8-16(9-11-17)25-18(13-19(24-25)20(21,22)23)15-6-4-14(5-7-15)3-2-12-26/h4-11,13,26H,2-3,12H2,1H3. The molecule has 0 saturated heterocycles. The van der Waals surface area contributed by atoms with E-state index >= 15 is 0 Å². The predicted molar refractivity (Wildman–Crippen MR) is 96.0 cm³/mol. The maximum Gasteiger partial charge on any atom is 0.435 e. The van der Waals surface area contributed by atoms with Gasteiger partial charge in [-0.3, -0.25) is 0 Å². The largest absolute Gasteiger partial charge is 0.497 e. The fraction of sp³-hybridized carbons (Fsp3) is 0.250. The molecule has 2 aromatic carbocycles. The number of aryl methyl sites for hydroxylation is 1. The quantitative estimate of drug-likeness (QED) is 0.689. The summed E-state index contributed by atoms with van der Waals surface area (Å²) >= 11 is 0. The van der Waals surface area contributed by atoms with Crippen LogP contribution in [0, 0.1) is 0 Å². The van der Waals surface area contributed by atoms with Gasteiger partial charge < -0.3 is 9.84 Å². The van der Waals surface area contributed by atoms with Gasteiger partial charge in [0.2, 0.25) is 0 Å². The molecular weight excluding hydrogens is 357 g/mol. The van der Waals surface area contributed by atoms with E-state index < -0.39 is 11.9 Å². The zero-order valence-electron chi connectivity index (χ0n) is 14.7. The van der Waals surface area contributed by atoms with Crippen LogP contribution in [0.3, 0.4) is 0 Å². The van der Waals surface area contributed by atoms with Crippen molar-refractivity contribution in [2.24, 2.45) is 0 Å². The van der Waals surface area contributed by atoms with Crippen LogP contribution in [0.4, 0.5) is 13.2 Å². The molecule has 3 aromatic rings. The van der Waals surface area contributed by atoms with E-state index in [0.29, 0.717) is 35.5 Å². The van der Waals surface area contributed by atoms with Crippen LogP contribution in [-0.4, -0.2) is 28.6 Å². The second-order valence-corrected chi connectivity index (χ2v) is 6.05. The zero-order chi connectivity index (χ0) is 19.4. The van der Waals surface area contributed by atoms with Crippen molar-refractivity contribution in [3.8, 4) is 22.7 Å². The second-order valence-electron chi connectivity index (χ2n) is 6.05. The summed E-state index contributed by atoms with van der Waals surface area (Å²) in [6, 6.07) is 14.9. The lowest BCUT2D eigenvalue weighted by Gasteiger charge is -2.09. The molecular formula is C20H19F3N2O2. The van der Waals surface area contributed by atoms with Crippen LogP contribution < -0.4 is 4.74 Å². The highest BCUT2D eigenvalue weighted by Crippen LogP contribution is 2.33. The van der Waals surface area contributed by atoms with E-state index in [1.807, 2.05) is 12.1 Å². The first-order chi connectivity index (χ1) is 12.9. The number of ether oxygens (including phenoxy) is 1. The molecule has 7 heteroatoms. The van der Waals surface area contributed by atoms with E-state index in [4.69, 9.17) is 9.84 Å². The van der Waals surface area contributed by atoms with E-state index in [2.05, 4.69) is 5.10 Å². The van der Waals surface area contributed by atoms with Crippen molar-refractivity contribution >= 4 is 0 Å². The van der Waals surface area contributed by atoms with Crippen molar-refractivity contribution in [3.05, 3.63) is 65.9 Å². The third-order valence-electron chi connectivity index (χ3n) is 4.19. The van der Waals surface area contributed by atoms with Crippen molar-refractivity contribution in [1.29, 1.82) is 0 Å². The van der Waals surface area contributed by atoms with Gasteiger partial charge in [0.25, 0.3) is 0 Å². The zero-order valence-corrected chi connectivity index (χ0v) is 14.7. The Morgan fingerprint density at radius 1 is 1.04 bits per heavy atom. The van der Waals surface area contributed by atoms with Gasteiger partial charge in [0.05, 0.1) is 18.5 Å². The second kappa shape index (κ2) is 7.84. The Kier molecular flexibility index (Phi) is 5.51. The van der Waals surface area contributed by atoms with Crippen LogP contribution in [0.2, 0.25) is 0 Å². The van der Waals surface area contributed by atoms with Gasteiger partial charge >= 0.3 is 6.18 Å². The highest BCUT2D eigenvalue weighted by molar-refractivity contribution is 5.63. The van der Waals surface area contributed by atoms with Crippen molar-refractivity contribution in [2.75, 3.05) is 13.7 Å². The number of aliphatic hydroxyl groups excluding tert-OH is 1. The van der Waals surface area contributed by atoms with Crippen molar-refractivity contribution in [2.45, 2.75) is 19.0 Å². The highest BCUT2D eigenvalue weighted by Gasteiger charge is 2.35. The Morgan fingerprint density at radius 3 is 2.26 bits per heavy atom. The molecule has 1 aromatic heterocycles. The molecule has 1 heterocycles. The number of aliphatic hydroxyl groups is 1. The first kappa shape index (κ1) is 19.0. The first-order valence-electron chi connectivity index (χ1n) is 8.44. The van der Waals surface area contributed by atoms with E-state index in [0.717, 1.165) is 11.6 Å². The number of aromatic nitrogens is 2. The number of benzene rings is 2. The molecule has 0 saturated carbocycles. The van der Waals surface area contributed by atoms with Gasteiger partial charge in [-0.15, -0.1) is 0 Å². The monoisotopic (exact) mass is 376 g/mol. The van der Waals surface area contributed by atoms with E-state index in [1.165, 1.54) is 11.8 Å². The molecule has 27 heavy (non-hydrogen) atoms. The summed E-state index contributed by atoms with van der Waals surface area (Å²) in [5.74, 6) is 0.608. The molecule has 3 rings (SSSR count). The van der Waals surface area contributed by atoms with Crippen LogP contribution >= 0.6 is 0 Å². The fourth-order valence-corrected chi connectivity index (χ4v) is 2.77. The van der Waals surface area contributed by atoms with Crippen LogP contribution in [-0.2, 0) is 12.6 Å². The average molecular weight is 376 g/mol. The molecule has 0 aliphatic heterocycles. The average Bonchev–Trinajstić information content (AvgIpc) is 3.13. The molecule has 0 unspecified atom stereocenters. The molecule has 0 amide bonds. The van der Waals surface area contributed by atoms with Crippen molar-refractivity contribution < 1.29 is 23.0 Å². The number of nitrogens with zero attached hydrogens (tertiary/aromatic N) is 2. The first-order valence-corrected chi connectivity index (χ1v) is 8.44. The SMILES string of the molecule is COc1ccc(-n2nc(C(F)(F)F)cc2-c2ccc(CCCO)cc2)cc1. The summed E-state index contributed by atoms with van der Waals surface area (Å²) in [6.45, 7) is 0.0981. The Balaban J connectivity index is 2.03. The van der Waals surface area contributed by atoms with Crippen LogP contribution in [0.15, 0.2) is 54.6 Å². The minimum absolute atomic E-state index is 0.0981. The lowest BCUT2D eigenvalue weighted by molar-refractivity contribution is -0.141. The van der Waals surface area contributed by atoms with Crippen LogP contribution in [0.25, 0.3) is 16.9 Å². The lowest BCUT2D eigenvalue weighted by atomic mass is 10.1. The van der Waals surface area contributed by atoms with Gasteiger partial charge in [-0.25, -0.2) is 4.68 Å². The summed E-state index contributed by atoms with van der Waals surface area (Å²) in [5.41, 5.74) is 1.55. The van der Waals surface area contributed by atoms with Crippen LogP contribution in [0.5, 0.6) is 5.75 Å². The third kappa shape index (κ3) is 4.31. The minimum atomic E-state index is -4.53. The van der Waals surface area contributed by atoms with Crippen LogP contribution in [0.1, 0.15) is 17.7 Å². The van der Waals surface area contributed by atoms with Gasteiger partial charge in [0.15, 0.2) is 5.69 Å². The smallest absolute Gasteiger partial charge is 0.435 e. The molecule has 4 nitrogen and oxygen atoms in total. The van der Waals surface area contributed by atoms with Gasteiger partial charge in [0.1, 0.15) is 5.75 Å². The predicted octanol–water partition coefficient (Wildman–Crippen LogP) is 4.49. The summed E-state index contributed by atoms with van der Waals surface area (Å²) in [4.78, 5) is 0. The Labute approximate surface area is 154 Å². The highest BCUT2D eigenvalue weighted by atomic mass is 19.4. The minimum Gasteiger partial charge on any atom is -0.497 e. The maximum atomic E-state index is 13.2. The topological polar surface area (TPSA) is 47.3 Å². The number of methoxy groups -OCH3 is 1. The Hall–Kier alpha value is -2.80. The Morgan fingerprint density at radius 2 is 1.70 bits per heavy atom. The van der Waals surface area contributed by atoms with Crippen molar-refractivity contribution in [1.82, 2.24) is 9.78 Å². The molecule has 0 bridgehead atoms. The number of hydrogen-bond acceptors (Lipinski definition) is 3. The summed E-state index contributed by atoms with van der Waals surface area (Å²) in [5, 5.41) is 12.7. The third-order valence-corrected chi connectivity index (χ3v) is 4.19. The molecule has 142 valence electrons. The normalized spacial score (nSPS) is 11.6. The van der Waals surface area contributed by atoms with Gasteiger partial charge in [0, 0.05) is 12.2 Å². The molecule has 0 spiro atoms. The van der Waals surface area contributed by atoms with E-state index in [9.17, 15) is 13.2 Å². The summed E-state index contributed by atoms with van der Waals surface area (Å²) in [6.07, 6.45) is -3.18. The molecule has 0 fully saturated rings. The number of rotatable bonds is 6. The van der Waals surface area contributed by atoms with Gasteiger partial charge in [-0.05, 0) is 48.7 Å². The number of hydrogen-bond donors (Lipinski definition) is 1. The number of alkyl halides is 3. The molecule has 0 radical (unpaired) electrons. The van der Waals surface area contributed by atoms with Gasteiger partial charge in [-0.2, -0.15) is 18.3 Å². The van der Waals surface area contributed by atoms with E-state index in [1.54, 1.807) is 36.4 Å². The maximum absolute atomic E-state index is 13.2. The molecule has 0 aliphatic carbocycles. The van der Waals surface area contributed by atoms with E-state index in [-0.39, 0.29) is 6.61 Å².